The van der Waals surface area contributed by atoms with Gasteiger partial charge in [-0.1, -0.05) is 23.2 Å². The van der Waals surface area contributed by atoms with E-state index in [0.717, 1.165) is 41.9 Å². The van der Waals surface area contributed by atoms with Crippen molar-refractivity contribution >= 4 is 23.2 Å². The van der Waals surface area contributed by atoms with Crippen LogP contribution in [0.25, 0.3) is 0 Å². The first-order chi connectivity index (χ1) is 12.5. The van der Waals surface area contributed by atoms with E-state index in [1.807, 2.05) is 12.1 Å². The predicted octanol–water partition coefficient (Wildman–Crippen LogP) is 4.92. The van der Waals surface area contributed by atoms with Gasteiger partial charge in [-0.25, -0.2) is 0 Å². The molecule has 2 aliphatic rings. The smallest absolute Gasteiger partial charge is 0.133 e. The number of aromatic nitrogens is 1. The van der Waals surface area contributed by atoms with Gasteiger partial charge >= 0.3 is 0 Å². The Morgan fingerprint density at radius 3 is 2.58 bits per heavy atom. The number of ether oxygens (including phenoxy) is 2. The van der Waals surface area contributed by atoms with Crippen molar-refractivity contribution in [3.8, 4) is 11.5 Å². The van der Waals surface area contributed by atoms with Gasteiger partial charge in [0.1, 0.15) is 17.1 Å². The van der Waals surface area contributed by atoms with Gasteiger partial charge in [0.2, 0.25) is 0 Å². The molecule has 6 heteroatoms. The summed E-state index contributed by atoms with van der Waals surface area (Å²) in [6.07, 6.45) is 7.88. The summed E-state index contributed by atoms with van der Waals surface area (Å²) in [5.74, 6) is 1.58. The predicted molar refractivity (Wildman–Crippen MR) is 101 cm³/mol. The fourth-order valence-electron chi connectivity index (χ4n) is 4.18. The normalized spacial score (nSPS) is 18.6. The lowest BCUT2D eigenvalue weighted by molar-refractivity contribution is 0.0959. The molecule has 0 saturated heterocycles. The quantitative estimate of drug-likeness (QED) is 0.800. The van der Waals surface area contributed by atoms with Gasteiger partial charge in [0.05, 0.1) is 23.3 Å². The van der Waals surface area contributed by atoms with Crippen LogP contribution in [0.4, 0.5) is 0 Å². The maximum absolute atomic E-state index is 10.9. The third-order valence-corrected chi connectivity index (χ3v) is 6.16. The van der Waals surface area contributed by atoms with Crippen LogP contribution >= 0.6 is 23.2 Å². The summed E-state index contributed by atoms with van der Waals surface area (Å²) in [5, 5.41) is 11.8. The Kier molecular flexibility index (Phi) is 4.76. The second kappa shape index (κ2) is 6.91. The Morgan fingerprint density at radius 1 is 1.23 bits per heavy atom. The molecular formula is C20H21Cl2NO3. The van der Waals surface area contributed by atoms with Crippen molar-refractivity contribution in [3.05, 3.63) is 51.3 Å². The molecule has 1 atom stereocenters. The average Bonchev–Trinajstić information content (AvgIpc) is 3.23. The van der Waals surface area contributed by atoms with E-state index in [1.54, 1.807) is 7.11 Å². The van der Waals surface area contributed by atoms with Gasteiger partial charge in [-0.2, -0.15) is 0 Å². The second-order valence-electron chi connectivity index (χ2n) is 7.14. The molecule has 1 aromatic heterocycles. The number of aliphatic hydroxyl groups excluding tert-OH is 1. The number of rotatable bonds is 4. The summed E-state index contributed by atoms with van der Waals surface area (Å²) < 4.78 is 12.0. The highest BCUT2D eigenvalue weighted by molar-refractivity contribution is 6.35. The molecule has 2 aromatic rings. The van der Waals surface area contributed by atoms with E-state index < -0.39 is 6.10 Å². The molecule has 138 valence electrons. The van der Waals surface area contributed by atoms with Crippen LogP contribution in [0.1, 0.15) is 48.5 Å². The summed E-state index contributed by atoms with van der Waals surface area (Å²) in [6, 6.07) is 3.78. The molecule has 1 saturated carbocycles. The van der Waals surface area contributed by atoms with E-state index in [9.17, 15) is 5.11 Å². The molecule has 0 bridgehead atoms. The fraction of sp³-hybridized carbons (Fsp3) is 0.450. The largest absolute Gasteiger partial charge is 0.496 e. The molecule has 1 fully saturated rings. The van der Waals surface area contributed by atoms with E-state index in [4.69, 9.17) is 32.7 Å². The van der Waals surface area contributed by atoms with Crippen LogP contribution in [0.15, 0.2) is 24.5 Å². The van der Waals surface area contributed by atoms with Crippen LogP contribution in [0.2, 0.25) is 10.0 Å². The minimum atomic E-state index is -0.774. The van der Waals surface area contributed by atoms with Gasteiger partial charge in [0, 0.05) is 36.4 Å². The van der Waals surface area contributed by atoms with E-state index in [0.29, 0.717) is 22.0 Å². The molecule has 1 spiro atoms. The SMILES string of the molecule is COc1ccc(C(O)Cc2c(Cl)cncc2Cl)c2c1CC1(CCCC1)O2. The van der Waals surface area contributed by atoms with Gasteiger partial charge in [-0.05, 0) is 43.4 Å². The number of fused-ring (bicyclic) bond motifs is 1. The monoisotopic (exact) mass is 393 g/mol. The zero-order valence-corrected chi connectivity index (χ0v) is 16.1. The van der Waals surface area contributed by atoms with Crippen molar-refractivity contribution in [2.24, 2.45) is 0 Å². The number of nitrogens with zero attached hydrogens (tertiary/aromatic N) is 1. The molecule has 1 unspecified atom stereocenters. The van der Waals surface area contributed by atoms with Crippen molar-refractivity contribution in [2.75, 3.05) is 7.11 Å². The zero-order chi connectivity index (χ0) is 18.3. The Labute approximate surface area is 163 Å². The molecule has 26 heavy (non-hydrogen) atoms. The van der Waals surface area contributed by atoms with Crippen molar-refractivity contribution in [1.29, 1.82) is 0 Å². The van der Waals surface area contributed by atoms with Crippen molar-refractivity contribution in [3.63, 3.8) is 0 Å². The minimum absolute atomic E-state index is 0.141. The lowest BCUT2D eigenvalue weighted by Crippen LogP contribution is -2.30. The summed E-state index contributed by atoms with van der Waals surface area (Å²) in [4.78, 5) is 3.97. The van der Waals surface area contributed by atoms with Crippen LogP contribution in [-0.4, -0.2) is 22.8 Å². The van der Waals surface area contributed by atoms with E-state index >= 15 is 0 Å². The molecule has 0 radical (unpaired) electrons. The molecule has 0 amide bonds. The molecule has 1 aromatic carbocycles. The molecule has 1 aliphatic carbocycles. The molecular weight excluding hydrogens is 373 g/mol. The van der Waals surface area contributed by atoms with Crippen LogP contribution in [0.3, 0.4) is 0 Å². The first kappa shape index (κ1) is 17.9. The van der Waals surface area contributed by atoms with Gasteiger partial charge in [-0.15, -0.1) is 0 Å². The highest BCUT2D eigenvalue weighted by atomic mass is 35.5. The lowest BCUT2D eigenvalue weighted by Gasteiger charge is -2.24. The van der Waals surface area contributed by atoms with Gasteiger partial charge in [-0.3, -0.25) is 4.98 Å². The number of benzene rings is 1. The summed E-state index contributed by atoms with van der Waals surface area (Å²) >= 11 is 12.4. The van der Waals surface area contributed by atoms with Crippen molar-refractivity contribution in [2.45, 2.75) is 50.2 Å². The number of halogens is 2. The first-order valence-electron chi connectivity index (χ1n) is 8.88. The Morgan fingerprint density at radius 2 is 1.92 bits per heavy atom. The van der Waals surface area contributed by atoms with Crippen LogP contribution in [0, 0.1) is 0 Å². The number of pyridine rings is 1. The average molecular weight is 394 g/mol. The second-order valence-corrected chi connectivity index (χ2v) is 7.95. The minimum Gasteiger partial charge on any atom is -0.496 e. The third kappa shape index (κ3) is 3.04. The zero-order valence-electron chi connectivity index (χ0n) is 14.6. The molecule has 2 heterocycles. The Balaban J connectivity index is 1.69. The van der Waals surface area contributed by atoms with E-state index in [-0.39, 0.29) is 5.60 Å². The standard InChI is InChI=1S/C20H21Cl2NO3/c1-25-18-5-4-12(17(24)8-13-15(21)10-23-11-16(13)22)19-14(18)9-20(26-19)6-2-3-7-20/h4-5,10-11,17,24H,2-3,6-9H2,1H3. The highest BCUT2D eigenvalue weighted by Gasteiger charge is 2.44. The van der Waals surface area contributed by atoms with Gasteiger partial charge in [0.25, 0.3) is 0 Å². The maximum Gasteiger partial charge on any atom is 0.133 e. The highest BCUT2D eigenvalue weighted by Crippen LogP contribution is 2.50. The fourth-order valence-corrected chi connectivity index (χ4v) is 4.70. The Bertz CT molecular complexity index is 814. The Hall–Kier alpha value is -1.49. The van der Waals surface area contributed by atoms with Crippen molar-refractivity contribution in [1.82, 2.24) is 4.98 Å². The topological polar surface area (TPSA) is 51.6 Å². The van der Waals surface area contributed by atoms with E-state index in [2.05, 4.69) is 4.98 Å². The third-order valence-electron chi connectivity index (χ3n) is 5.51. The van der Waals surface area contributed by atoms with Gasteiger partial charge in [0.15, 0.2) is 0 Å². The van der Waals surface area contributed by atoms with Gasteiger partial charge < -0.3 is 14.6 Å². The maximum atomic E-state index is 10.9. The lowest BCUT2D eigenvalue weighted by atomic mass is 9.93. The van der Waals surface area contributed by atoms with Crippen LogP contribution in [-0.2, 0) is 12.8 Å². The van der Waals surface area contributed by atoms with E-state index in [1.165, 1.54) is 25.2 Å². The van der Waals surface area contributed by atoms with Crippen LogP contribution < -0.4 is 9.47 Å². The number of hydrogen-bond donors (Lipinski definition) is 1. The first-order valence-corrected chi connectivity index (χ1v) is 9.63. The molecule has 1 N–H and O–H groups in total. The van der Waals surface area contributed by atoms with Crippen LogP contribution in [0.5, 0.6) is 11.5 Å². The summed E-state index contributed by atoms with van der Waals surface area (Å²) in [7, 11) is 1.67. The summed E-state index contributed by atoms with van der Waals surface area (Å²) in [5.41, 5.74) is 2.36. The number of hydrogen-bond acceptors (Lipinski definition) is 4. The number of methoxy groups -OCH3 is 1. The molecule has 1 aliphatic heterocycles. The number of aliphatic hydroxyl groups is 1. The van der Waals surface area contributed by atoms with Crippen molar-refractivity contribution < 1.29 is 14.6 Å². The molecule has 4 nitrogen and oxygen atoms in total. The molecule has 4 rings (SSSR count). The summed E-state index contributed by atoms with van der Waals surface area (Å²) in [6.45, 7) is 0.